The van der Waals surface area contributed by atoms with Gasteiger partial charge in [-0.1, -0.05) is 50.2 Å². The highest BCUT2D eigenvalue weighted by Gasteiger charge is 2.50. The molecule has 2 aliphatic heterocycles. The number of nitrogens with one attached hydrogen (secondary N) is 2. The van der Waals surface area contributed by atoms with E-state index in [-0.39, 0.29) is 23.5 Å². The molecule has 0 radical (unpaired) electrons. The molecule has 2 aromatic carbocycles. The third-order valence-corrected chi connectivity index (χ3v) is 7.57. The molecule has 0 aliphatic carbocycles. The number of likely N-dealkylation sites (tertiary alicyclic amines) is 1. The van der Waals surface area contributed by atoms with Crippen molar-refractivity contribution in [3.8, 4) is 5.75 Å². The van der Waals surface area contributed by atoms with Crippen LogP contribution in [0.25, 0.3) is 0 Å². The van der Waals surface area contributed by atoms with Gasteiger partial charge in [-0.3, -0.25) is 19.5 Å². The summed E-state index contributed by atoms with van der Waals surface area (Å²) in [5.74, 6) is 0.326. The first-order chi connectivity index (χ1) is 19.0. The molecule has 1 atom stereocenters. The second-order valence-corrected chi connectivity index (χ2v) is 9.89. The number of amides is 2. The van der Waals surface area contributed by atoms with Gasteiger partial charge in [-0.25, -0.2) is 0 Å². The second-order valence-electron chi connectivity index (χ2n) is 9.89. The van der Waals surface area contributed by atoms with Crippen LogP contribution >= 0.6 is 0 Å². The minimum atomic E-state index is -0.554. The highest BCUT2D eigenvalue weighted by molar-refractivity contribution is 5.93. The molecular formula is C31H39N5O3. The standard InChI is InChI=1S/C29H33N5O3.C2H6/c35-26-10-8-23(9-11-26)24(17-22-5-4-14-30-18-22)19-31-27(36)20-33-15-12-29(13-16-33)28(37)32-21-34(29)25-6-2-1-3-7-25;1-2/h1-11,14,18,24,35H,12-13,15-17,19-21H2,(H,31,36)(H,32,37);1-2H3. The predicted octanol–water partition coefficient (Wildman–Crippen LogP) is 3.68. The van der Waals surface area contributed by atoms with Crippen molar-refractivity contribution in [3.05, 3.63) is 90.3 Å². The first kappa shape index (κ1) is 28.1. The molecule has 3 heterocycles. The van der Waals surface area contributed by atoms with E-state index in [0.29, 0.717) is 45.7 Å². The minimum absolute atomic E-state index is 0.0262. The maximum atomic E-state index is 12.9. The van der Waals surface area contributed by atoms with Gasteiger partial charge in [0, 0.05) is 43.6 Å². The largest absolute Gasteiger partial charge is 0.508 e. The van der Waals surface area contributed by atoms with Crippen molar-refractivity contribution in [2.45, 2.75) is 44.6 Å². The maximum Gasteiger partial charge on any atom is 0.247 e. The van der Waals surface area contributed by atoms with Crippen molar-refractivity contribution in [1.29, 1.82) is 0 Å². The van der Waals surface area contributed by atoms with Crippen LogP contribution in [0.3, 0.4) is 0 Å². The zero-order valence-corrected chi connectivity index (χ0v) is 22.8. The fraction of sp³-hybridized carbons (Fsp3) is 0.387. The third-order valence-electron chi connectivity index (χ3n) is 7.57. The number of aromatic hydroxyl groups is 1. The average molecular weight is 530 g/mol. The van der Waals surface area contributed by atoms with Crippen LogP contribution in [-0.4, -0.2) is 65.2 Å². The van der Waals surface area contributed by atoms with E-state index >= 15 is 0 Å². The molecule has 0 bridgehead atoms. The molecule has 1 unspecified atom stereocenters. The highest BCUT2D eigenvalue weighted by atomic mass is 16.3. The van der Waals surface area contributed by atoms with Crippen LogP contribution in [-0.2, 0) is 16.0 Å². The number of para-hydroxylation sites is 1. The molecule has 206 valence electrons. The summed E-state index contributed by atoms with van der Waals surface area (Å²) in [5, 5.41) is 15.8. The summed E-state index contributed by atoms with van der Waals surface area (Å²) in [5.41, 5.74) is 2.63. The molecule has 2 aliphatic rings. The number of benzene rings is 2. The molecule has 2 fully saturated rings. The molecule has 3 aromatic rings. The van der Waals surface area contributed by atoms with E-state index in [9.17, 15) is 14.7 Å². The Balaban J connectivity index is 0.00000172. The third kappa shape index (κ3) is 6.75. The lowest BCUT2D eigenvalue weighted by Crippen LogP contribution is -2.57. The lowest BCUT2D eigenvalue weighted by Gasteiger charge is -2.43. The van der Waals surface area contributed by atoms with Crippen LogP contribution < -0.4 is 15.5 Å². The first-order valence-corrected chi connectivity index (χ1v) is 13.8. The average Bonchev–Trinajstić information content (AvgIpc) is 3.29. The molecule has 1 spiro atoms. The Morgan fingerprint density at radius 3 is 2.44 bits per heavy atom. The van der Waals surface area contributed by atoms with Gasteiger partial charge in [-0.05, 0) is 60.7 Å². The second kappa shape index (κ2) is 13.2. The van der Waals surface area contributed by atoms with Crippen LogP contribution in [0, 0.1) is 0 Å². The van der Waals surface area contributed by atoms with Crippen molar-refractivity contribution in [2.24, 2.45) is 0 Å². The summed E-state index contributed by atoms with van der Waals surface area (Å²) < 4.78 is 0. The quantitative estimate of drug-likeness (QED) is 0.412. The topological polar surface area (TPSA) is 97.8 Å². The smallest absolute Gasteiger partial charge is 0.247 e. The fourth-order valence-corrected chi connectivity index (χ4v) is 5.47. The van der Waals surface area contributed by atoms with Crippen molar-refractivity contribution >= 4 is 17.5 Å². The van der Waals surface area contributed by atoms with Crippen molar-refractivity contribution in [3.63, 3.8) is 0 Å². The van der Waals surface area contributed by atoms with Gasteiger partial charge < -0.3 is 20.6 Å². The van der Waals surface area contributed by atoms with E-state index in [1.54, 1.807) is 18.3 Å². The van der Waals surface area contributed by atoms with Crippen molar-refractivity contribution < 1.29 is 14.7 Å². The molecule has 2 saturated heterocycles. The molecule has 2 amide bonds. The Kier molecular flexibility index (Phi) is 9.54. The van der Waals surface area contributed by atoms with Gasteiger partial charge in [0.1, 0.15) is 11.3 Å². The number of carbonyl (C=O) groups excluding carboxylic acids is 2. The SMILES string of the molecule is CC.O=C(CN1CCC2(CC1)C(=O)NCN2c1ccccc1)NCC(Cc1cccnc1)c1ccc(O)cc1. The molecule has 0 saturated carbocycles. The van der Waals surface area contributed by atoms with Gasteiger partial charge >= 0.3 is 0 Å². The van der Waals surface area contributed by atoms with Crippen molar-refractivity contribution in [2.75, 3.05) is 37.7 Å². The molecule has 8 nitrogen and oxygen atoms in total. The van der Waals surface area contributed by atoms with Gasteiger partial charge in [-0.15, -0.1) is 0 Å². The molecular weight excluding hydrogens is 490 g/mol. The van der Waals surface area contributed by atoms with Crippen LogP contribution in [0.5, 0.6) is 5.75 Å². The van der Waals surface area contributed by atoms with E-state index in [1.807, 2.05) is 74.6 Å². The number of pyridine rings is 1. The molecule has 39 heavy (non-hydrogen) atoms. The Bertz CT molecular complexity index is 1200. The summed E-state index contributed by atoms with van der Waals surface area (Å²) in [6.07, 6.45) is 5.68. The minimum Gasteiger partial charge on any atom is -0.508 e. The normalized spacial score (nSPS) is 17.2. The summed E-state index contributed by atoms with van der Waals surface area (Å²) >= 11 is 0. The Morgan fingerprint density at radius 1 is 1.05 bits per heavy atom. The Hall–Kier alpha value is -3.91. The van der Waals surface area contributed by atoms with Gasteiger partial charge in [0.2, 0.25) is 11.8 Å². The number of piperidine rings is 1. The monoisotopic (exact) mass is 529 g/mol. The number of phenols is 1. The number of carbonyl (C=O) groups is 2. The van der Waals surface area contributed by atoms with E-state index in [1.165, 1.54) is 0 Å². The number of nitrogens with zero attached hydrogens (tertiary/aromatic N) is 3. The molecule has 1 aromatic heterocycles. The van der Waals surface area contributed by atoms with E-state index in [2.05, 4.69) is 25.4 Å². The van der Waals surface area contributed by atoms with Gasteiger partial charge in [-0.2, -0.15) is 0 Å². The Morgan fingerprint density at radius 2 is 1.77 bits per heavy atom. The zero-order chi connectivity index (χ0) is 27.7. The number of rotatable bonds is 8. The van der Waals surface area contributed by atoms with Gasteiger partial charge in [0.15, 0.2) is 0 Å². The summed E-state index contributed by atoms with van der Waals surface area (Å²) in [7, 11) is 0. The number of phenolic OH excluding ortho intramolecular Hbond substituents is 1. The number of hydrogen-bond acceptors (Lipinski definition) is 6. The van der Waals surface area contributed by atoms with Crippen LogP contribution in [0.1, 0.15) is 43.7 Å². The number of aromatic nitrogens is 1. The number of hydrogen-bond donors (Lipinski definition) is 3. The fourth-order valence-electron chi connectivity index (χ4n) is 5.47. The maximum absolute atomic E-state index is 12.9. The van der Waals surface area contributed by atoms with Crippen LogP contribution in [0.4, 0.5) is 5.69 Å². The van der Waals surface area contributed by atoms with Gasteiger partial charge in [0.05, 0.1) is 13.2 Å². The summed E-state index contributed by atoms with van der Waals surface area (Å²) in [6.45, 7) is 6.67. The molecule has 8 heteroatoms. The van der Waals surface area contributed by atoms with Crippen LogP contribution in [0.2, 0.25) is 0 Å². The summed E-state index contributed by atoms with van der Waals surface area (Å²) in [6, 6.07) is 21.1. The van der Waals surface area contributed by atoms with E-state index in [0.717, 1.165) is 23.2 Å². The zero-order valence-electron chi connectivity index (χ0n) is 22.8. The lowest BCUT2D eigenvalue weighted by atomic mass is 9.85. The van der Waals surface area contributed by atoms with E-state index in [4.69, 9.17) is 0 Å². The van der Waals surface area contributed by atoms with Gasteiger partial charge in [0.25, 0.3) is 0 Å². The molecule has 5 rings (SSSR count). The first-order valence-electron chi connectivity index (χ1n) is 13.8. The van der Waals surface area contributed by atoms with Crippen LogP contribution in [0.15, 0.2) is 79.1 Å². The van der Waals surface area contributed by atoms with E-state index < -0.39 is 5.54 Å². The Labute approximate surface area is 231 Å². The lowest BCUT2D eigenvalue weighted by molar-refractivity contribution is -0.125. The van der Waals surface area contributed by atoms with Crippen molar-refractivity contribution in [1.82, 2.24) is 20.5 Å². The number of anilines is 1. The highest BCUT2D eigenvalue weighted by Crippen LogP contribution is 2.36. The predicted molar refractivity (Wildman–Crippen MR) is 153 cm³/mol. The molecule has 3 N–H and O–H groups in total. The summed E-state index contributed by atoms with van der Waals surface area (Å²) in [4.78, 5) is 34.3.